The Morgan fingerprint density at radius 3 is 2.76 bits per heavy atom. The van der Waals surface area contributed by atoms with Gasteiger partial charge in [-0.15, -0.1) is 0 Å². The number of hydrogen-bond acceptors (Lipinski definition) is 3. The van der Waals surface area contributed by atoms with E-state index in [1.807, 2.05) is 26.1 Å². The largest absolute Gasteiger partial charge is 0.456 e. The zero-order valence-corrected chi connectivity index (χ0v) is 12.6. The second-order valence-corrected chi connectivity index (χ2v) is 5.73. The highest BCUT2D eigenvalue weighted by Gasteiger charge is 2.44. The predicted octanol–water partition coefficient (Wildman–Crippen LogP) is 4.18. The summed E-state index contributed by atoms with van der Waals surface area (Å²) in [7, 11) is 1.91. The summed E-state index contributed by atoms with van der Waals surface area (Å²) in [6.07, 6.45) is 4.33. The van der Waals surface area contributed by atoms with Gasteiger partial charge in [-0.1, -0.05) is 25.0 Å². The minimum absolute atomic E-state index is 0.0493. The van der Waals surface area contributed by atoms with Crippen molar-refractivity contribution in [2.75, 3.05) is 13.7 Å². The van der Waals surface area contributed by atoms with Crippen LogP contribution in [0.1, 0.15) is 44.4 Å². The van der Waals surface area contributed by atoms with Gasteiger partial charge in [0.25, 0.3) is 0 Å². The van der Waals surface area contributed by atoms with Crippen molar-refractivity contribution in [3.05, 3.63) is 35.8 Å². The van der Waals surface area contributed by atoms with Crippen LogP contribution in [0, 0.1) is 5.82 Å². The van der Waals surface area contributed by atoms with Gasteiger partial charge in [-0.2, -0.15) is 0 Å². The summed E-state index contributed by atoms with van der Waals surface area (Å²) in [5, 5.41) is 4.13. The molecule has 1 heterocycles. The summed E-state index contributed by atoms with van der Waals surface area (Å²) >= 11 is 0. The fourth-order valence-electron chi connectivity index (χ4n) is 3.63. The summed E-state index contributed by atoms with van der Waals surface area (Å²) in [6, 6.07) is 6.89. The van der Waals surface area contributed by atoms with Crippen molar-refractivity contribution in [1.82, 2.24) is 5.32 Å². The van der Waals surface area contributed by atoms with Crippen molar-refractivity contribution in [1.29, 1.82) is 0 Å². The monoisotopic (exact) mass is 291 g/mol. The highest BCUT2D eigenvalue weighted by molar-refractivity contribution is 5.78. The highest BCUT2D eigenvalue weighted by atomic mass is 19.1. The van der Waals surface area contributed by atoms with E-state index in [9.17, 15) is 4.39 Å². The summed E-state index contributed by atoms with van der Waals surface area (Å²) < 4.78 is 25.8. The molecule has 0 amide bonds. The molecule has 1 unspecified atom stereocenters. The van der Waals surface area contributed by atoms with Gasteiger partial charge in [0.15, 0.2) is 11.4 Å². The van der Waals surface area contributed by atoms with Crippen molar-refractivity contribution in [3.8, 4) is 0 Å². The molecule has 3 rings (SSSR count). The fraction of sp³-hybridized carbons (Fsp3) is 0.529. The summed E-state index contributed by atoms with van der Waals surface area (Å²) in [5.74, 6) is 0.443. The number of para-hydroxylation sites is 1. The van der Waals surface area contributed by atoms with Crippen molar-refractivity contribution in [2.45, 2.75) is 44.2 Å². The molecule has 3 nitrogen and oxygen atoms in total. The summed E-state index contributed by atoms with van der Waals surface area (Å²) in [6.45, 7) is 2.69. The molecule has 1 atom stereocenters. The number of rotatable bonds is 5. The molecule has 0 spiro atoms. The molecule has 0 saturated heterocycles. The minimum Gasteiger partial charge on any atom is -0.456 e. The number of halogens is 1. The maximum atomic E-state index is 13.8. The zero-order valence-electron chi connectivity index (χ0n) is 12.6. The van der Waals surface area contributed by atoms with Gasteiger partial charge in [-0.25, -0.2) is 4.39 Å². The number of fused-ring (bicyclic) bond motifs is 1. The van der Waals surface area contributed by atoms with Gasteiger partial charge in [0, 0.05) is 12.0 Å². The molecule has 1 aliphatic carbocycles. The Bertz CT molecular complexity index is 616. The Morgan fingerprint density at radius 1 is 1.38 bits per heavy atom. The molecular weight excluding hydrogens is 269 g/mol. The molecule has 0 radical (unpaired) electrons. The van der Waals surface area contributed by atoms with Gasteiger partial charge in [0.2, 0.25) is 0 Å². The third kappa shape index (κ3) is 2.47. The smallest absolute Gasteiger partial charge is 0.169 e. The number of likely N-dealkylation sites (N-methyl/N-ethyl adjacent to an activating group) is 1. The van der Waals surface area contributed by atoms with Crippen LogP contribution in [-0.4, -0.2) is 19.3 Å². The molecule has 1 fully saturated rings. The van der Waals surface area contributed by atoms with Crippen LogP contribution in [0.2, 0.25) is 0 Å². The van der Waals surface area contributed by atoms with E-state index in [1.165, 1.54) is 6.07 Å². The number of benzene rings is 1. The minimum atomic E-state index is -0.314. The standard InChI is InChI=1S/C17H22FNO2/c1-3-20-17(9-4-5-10-17)16(19-2)14-11-12-7-6-8-13(18)15(12)21-14/h6-8,11,16,19H,3-5,9-10H2,1-2H3. The van der Waals surface area contributed by atoms with Gasteiger partial charge in [0.05, 0.1) is 11.6 Å². The van der Waals surface area contributed by atoms with E-state index in [4.69, 9.17) is 9.15 Å². The van der Waals surface area contributed by atoms with E-state index < -0.39 is 0 Å². The van der Waals surface area contributed by atoms with Gasteiger partial charge >= 0.3 is 0 Å². The maximum absolute atomic E-state index is 13.8. The van der Waals surface area contributed by atoms with Crippen LogP contribution in [0.4, 0.5) is 4.39 Å². The second-order valence-electron chi connectivity index (χ2n) is 5.73. The molecule has 1 aromatic heterocycles. The van der Waals surface area contributed by atoms with Crippen LogP contribution >= 0.6 is 0 Å². The Hall–Kier alpha value is -1.39. The van der Waals surface area contributed by atoms with E-state index >= 15 is 0 Å². The number of hydrogen-bond donors (Lipinski definition) is 1. The first-order valence-corrected chi connectivity index (χ1v) is 7.69. The molecule has 4 heteroatoms. The SMILES string of the molecule is CCOC1(C(NC)c2cc3cccc(F)c3o2)CCCC1. The Kier molecular flexibility index (Phi) is 4.00. The molecule has 1 N–H and O–H groups in total. The molecule has 0 bridgehead atoms. The van der Waals surface area contributed by atoms with Crippen molar-refractivity contribution < 1.29 is 13.5 Å². The third-order valence-electron chi connectivity index (χ3n) is 4.50. The van der Waals surface area contributed by atoms with Crippen LogP contribution in [0.25, 0.3) is 11.0 Å². The Balaban J connectivity index is 2.02. The third-order valence-corrected chi connectivity index (χ3v) is 4.50. The van der Waals surface area contributed by atoms with Crippen LogP contribution in [0.15, 0.2) is 28.7 Å². The Labute approximate surface area is 124 Å². The first-order chi connectivity index (χ1) is 10.2. The topological polar surface area (TPSA) is 34.4 Å². The molecular formula is C17H22FNO2. The fourth-order valence-corrected chi connectivity index (χ4v) is 3.63. The first kappa shape index (κ1) is 14.5. The van der Waals surface area contributed by atoms with Crippen LogP contribution < -0.4 is 5.32 Å². The lowest BCUT2D eigenvalue weighted by Crippen LogP contribution is -2.42. The second kappa shape index (κ2) is 5.78. The van der Waals surface area contributed by atoms with E-state index in [-0.39, 0.29) is 17.5 Å². The van der Waals surface area contributed by atoms with Crippen LogP contribution in [0.5, 0.6) is 0 Å². The van der Waals surface area contributed by atoms with Gasteiger partial charge < -0.3 is 14.5 Å². The van der Waals surface area contributed by atoms with Gasteiger partial charge in [-0.3, -0.25) is 0 Å². The average Bonchev–Trinajstić information content (AvgIpc) is 3.09. The molecule has 21 heavy (non-hydrogen) atoms. The van der Waals surface area contributed by atoms with E-state index in [2.05, 4.69) is 5.32 Å². The van der Waals surface area contributed by atoms with Crippen molar-refractivity contribution in [3.63, 3.8) is 0 Å². The van der Waals surface area contributed by atoms with E-state index in [0.29, 0.717) is 12.2 Å². The van der Waals surface area contributed by atoms with E-state index in [1.54, 1.807) is 6.07 Å². The predicted molar refractivity (Wildman–Crippen MR) is 80.8 cm³/mol. The van der Waals surface area contributed by atoms with Crippen molar-refractivity contribution >= 4 is 11.0 Å². The lowest BCUT2D eigenvalue weighted by atomic mass is 9.90. The summed E-state index contributed by atoms with van der Waals surface area (Å²) in [5.41, 5.74) is 0.0887. The number of ether oxygens (including phenoxy) is 1. The molecule has 2 aromatic rings. The Morgan fingerprint density at radius 2 is 2.14 bits per heavy atom. The summed E-state index contributed by atoms with van der Waals surface area (Å²) in [4.78, 5) is 0. The van der Waals surface area contributed by atoms with E-state index in [0.717, 1.165) is 36.8 Å². The van der Waals surface area contributed by atoms with Crippen LogP contribution in [-0.2, 0) is 4.74 Å². The molecule has 1 aliphatic rings. The quantitative estimate of drug-likeness (QED) is 0.897. The van der Waals surface area contributed by atoms with Crippen LogP contribution in [0.3, 0.4) is 0 Å². The number of furan rings is 1. The average molecular weight is 291 g/mol. The van der Waals surface area contributed by atoms with Crippen molar-refractivity contribution in [2.24, 2.45) is 0 Å². The van der Waals surface area contributed by atoms with Gasteiger partial charge in [0.1, 0.15) is 5.76 Å². The normalized spacial score (nSPS) is 19.2. The highest BCUT2D eigenvalue weighted by Crippen LogP contribution is 2.44. The molecule has 114 valence electrons. The molecule has 0 aliphatic heterocycles. The maximum Gasteiger partial charge on any atom is 0.169 e. The number of nitrogens with one attached hydrogen (secondary N) is 1. The molecule has 1 aromatic carbocycles. The molecule has 1 saturated carbocycles. The zero-order chi connectivity index (χ0) is 14.9. The first-order valence-electron chi connectivity index (χ1n) is 7.69. The lowest BCUT2D eigenvalue weighted by Gasteiger charge is -2.36. The lowest BCUT2D eigenvalue weighted by molar-refractivity contribution is -0.0651. The van der Waals surface area contributed by atoms with Gasteiger partial charge in [-0.05, 0) is 38.9 Å².